The van der Waals surface area contributed by atoms with Gasteiger partial charge in [-0.15, -0.1) is 0 Å². The van der Waals surface area contributed by atoms with Crippen molar-refractivity contribution in [2.75, 3.05) is 31.6 Å². The lowest BCUT2D eigenvalue weighted by Crippen LogP contribution is -2.52. The minimum Gasteiger partial charge on any atom is -0.493 e. The van der Waals surface area contributed by atoms with Gasteiger partial charge in [0.15, 0.2) is 11.5 Å². The predicted octanol–water partition coefficient (Wildman–Crippen LogP) is 5.28. The summed E-state index contributed by atoms with van der Waals surface area (Å²) in [4.78, 5) is 28.7. The number of sulfonamides is 1. The third-order valence-corrected chi connectivity index (χ3v) is 8.92. The van der Waals surface area contributed by atoms with Crippen LogP contribution in [0.25, 0.3) is 0 Å². The summed E-state index contributed by atoms with van der Waals surface area (Å²) >= 11 is 6.44. The topological polar surface area (TPSA) is 105 Å². The van der Waals surface area contributed by atoms with Gasteiger partial charge in [-0.25, -0.2) is 8.42 Å². The van der Waals surface area contributed by atoms with Crippen molar-refractivity contribution in [2.24, 2.45) is 0 Å². The molecule has 0 spiro atoms. The number of carbonyl (C=O) groups is 2. The van der Waals surface area contributed by atoms with E-state index in [0.29, 0.717) is 35.0 Å². The molecule has 3 aromatic rings. The molecular weight excluding hydrogens is 578 g/mol. The van der Waals surface area contributed by atoms with Crippen molar-refractivity contribution in [1.29, 1.82) is 0 Å². The van der Waals surface area contributed by atoms with Gasteiger partial charge in [0.1, 0.15) is 12.6 Å². The van der Waals surface area contributed by atoms with Crippen LogP contribution in [0.4, 0.5) is 5.69 Å². The Bertz CT molecular complexity index is 1450. The fourth-order valence-corrected chi connectivity index (χ4v) is 6.09. The molecule has 0 saturated heterocycles. The van der Waals surface area contributed by atoms with Crippen LogP contribution in [0.2, 0.25) is 5.02 Å². The molecule has 1 N–H and O–H groups in total. The van der Waals surface area contributed by atoms with E-state index in [4.69, 9.17) is 21.1 Å². The number of unbranched alkanes of at least 4 members (excludes halogenated alkanes) is 1. The number of carbonyl (C=O) groups excluding carboxylic acids is 2. The molecule has 0 aliphatic rings. The number of hydrogen-bond donors (Lipinski definition) is 1. The highest BCUT2D eigenvalue weighted by molar-refractivity contribution is 7.92. The van der Waals surface area contributed by atoms with Crippen molar-refractivity contribution >= 4 is 39.1 Å². The zero-order valence-electron chi connectivity index (χ0n) is 24.4. The number of para-hydroxylation sites is 1. The molecule has 0 radical (unpaired) electrons. The first-order valence-corrected chi connectivity index (χ1v) is 15.6. The van der Waals surface area contributed by atoms with Gasteiger partial charge in [0.05, 0.1) is 24.8 Å². The fourth-order valence-electron chi connectivity index (χ4n) is 4.46. The summed E-state index contributed by atoms with van der Waals surface area (Å²) in [6.45, 7) is 3.78. The lowest BCUT2D eigenvalue weighted by molar-refractivity contribution is -0.140. The lowest BCUT2D eigenvalue weighted by Gasteiger charge is -2.33. The van der Waals surface area contributed by atoms with Crippen LogP contribution < -0.4 is 19.1 Å². The molecule has 42 heavy (non-hydrogen) atoms. The summed E-state index contributed by atoms with van der Waals surface area (Å²) in [7, 11) is -1.40. The van der Waals surface area contributed by atoms with Gasteiger partial charge in [-0.2, -0.15) is 0 Å². The average molecular weight is 616 g/mol. The predicted molar refractivity (Wildman–Crippen MR) is 165 cm³/mol. The zero-order chi connectivity index (χ0) is 30.7. The van der Waals surface area contributed by atoms with Gasteiger partial charge < -0.3 is 19.7 Å². The molecule has 3 aromatic carbocycles. The minimum absolute atomic E-state index is 0.0250. The van der Waals surface area contributed by atoms with E-state index in [0.717, 1.165) is 17.1 Å². The van der Waals surface area contributed by atoms with E-state index in [1.54, 1.807) is 54.6 Å². The maximum Gasteiger partial charge on any atom is 0.264 e. The van der Waals surface area contributed by atoms with E-state index < -0.39 is 28.5 Å². The quantitative estimate of drug-likeness (QED) is 0.233. The summed E-state index contributed by atoms with van der Waals surface area (Å²) in [6, 6.07) is 18.8. The number of hydrogen-bond acceptors (Lipinski definition) is 6. The van der Waals surface area contributed by atoms with Gasteiger partial charge in [0, 0.05) is 24.2 Å². The van der Waals surface area contributed by atoms with Crippen LogP contribution >= 0.6 is 11.6 Å². The summed E-state index contributed by atoms with van der Waals surface area (Å²) in [5, 5.41) is 3.35. The van der Waals surface area contributed by atoms with Gasteiger partial charge in [-0.1, -0.05) is 68.3 Å². The highest BCUT2D eigenvalue weighted by Crippen LogP contribution is 2.32. The van der Waals surface area contributed by atoms with Gasteiger partial charge in [0.25, 0.3) is 10.0 Å². The highest BCUT2D eigenvalue weighted by atomic mass is 35.5. The number of anilines is 1. The standard InChI is InChI=1S/C31H38ClN3O6S/c1-5-7-19-33-31(37)27(6-2)34(21-23-13-11-12-16-26(23)32)30(36)22-35(24-14-9-8-10-15-24)42(38,39)25-17-18-28(40-3)29(20-25)41-4/h8-18,20,27H,5-7,19,21-22H2,1-4H3,(H,33,37)/t27-/m1/s1. The maximum absolute atomic E-state index is 14.1. The minimum atomic E-state index is -4.27. The number of amides is 2. The summed E-state index contributed by atoms with van der Waals surface area (Å²) in [6.07, 6.45) is 2.02. The third-order valence-electron chi connectivity index (χ3n) is 6.78. The van der Waals surface area contributed by atoms with E-state index in [1.165, 1.54) is 37.3 Å². The van der Waals surface area contributed by atoms with E-state index >= 15 is 0 Å². The number of benzene rings is 3. The number of methoxy groups -OCH3 is 2. The van der Waals surface area contributed by atoms with Crippen LogP contribution in [0.1, 0.15) is 38.7 Å². The molecule has 11 heteroatoms. The Kier molecular flexibility index (Phi) is 12.1. The Morgan fingerprint density at radius 3 is 2.21 bits per heavy atom. The molecule has 0 fully saturated rings. The first-order chi connectivity index (χ1) is 20.2. The normalized spacial score (nSPS) is 11.8. The molecule has 0 unspecified atom stereocenters. The Balaban J connectivity index is 2.06. The molecular formula is C31H38ClN3O6S. The summed E-state index contributed by atoms with van der Waals surface area (Å²) in [5.41, 5.74) is 0.931. The molecule has 0 aromatic heterocycles. The van der Waals surface area contributed by atoms with E-state index in [-0.39, 0.29) is 23.1 Å². The first kappa shape index (κ1) is 32.8. The smallest absolute Gasteiger partial charge is 0.264 e. The Hall–Kier alpha value is -3.76. The molecule has 0 bridgehead atoms. The van der Waals surface area contributed by atoms with Crippen molar-refractivity contribution < 1.29 is 27.5 Å². The van der Waals surface area contributed by atoms with Crippen molar-refractivity contribution in [3.05, 3.63) is 83.4 Å². The number of halogens is 1. The van der Waals surface area contributed by atoms with Gasteiger partial charge in [0.2, 0.25) is 11.8 Å². The van der Waals surface area contributed by atoms with Gasteiger partial charge in [-0.05, 0) is 48.7 Å². The van der Waals surface area contributed by atoms with E-state index in [9.17, 15) is 18.0 Å². The van der Waals surface area contributed by atoms with Crippen molar-refractivity contribution in [3.8, 4) is 11.5 Å². The van der Waals surface area contributed by atoms with Crippen LogP contribution in [0.3, 0.4) is 0 Å². The fraction of sp³-hybridized carbons (Fsp3) is 0.355. The van der Waals surface area contributed by atoms with Gasteiger partial charge in [-0.3, -0.25) is 13.9 Å². The Morgan fingerprint density at radius 1 is 0.929 bits per heavy atom. The molecule has 0 aliphatic heterocycles. The Labute approximate surface area is 253 Å². The molecule has 3 rings (SSSR count). The van der Waals surface area contributed by atoms with Crippen LogP contribution in [-0.4, -0.2) is 58.5 Å². The number of nitrogens with zero attached hydrogens (tertiary/aromatic N) is 2. The van der Waals surface area contributed by atoms with Crippen LogP contribution in [0.5, 0.6) is 11.5 Å². The average Bonchev–Trinajstić information content (AvgIpc) is 3.00. The molecule has 1 atom stereocenters. The molecule has 226 valence electrons. The second-order valence-corrected chi connectivity index (χ2v) is 11.8. The number of nitrogens with one attached hydrogen (secondary N) is 1. The molecule has 9 nitrogen and oxygen atoms in total. The van der Waals surface area contributed by atoms with Crippen molar-refractivity contribution in [3.63, 3.8) is 0 Å². The van der Waals surface area contributed by atoms with Gasteiger partial charge >= 0.3 is 0 Å². The van der Waals surface area contributed by atoms with E-state index in [1.807, 2.05) is 13.8 Å². The van der Waals surface area contributed by atoms with Crippen molar-refractivity contribution in [1.82, 2.24) is 10.2 Å². The Morgan fingerprint density at radius 2 is 1.60 bits per heavy atom. The van der Waals surface area contributed by atoms with Crippen LogP contribution in [0, 0.1) is 0 Å². The summed E-state index contributed by atoms with van der Waals surface area (Å²) in [5.74, 6) is -0.265. The van der Waals surface area contributed by atoms with Crippen molar-refractivity contribution in [2.45, 2.75) is 50.6 Å². The van der Waals surface area contributed by atoms with Crippen LogP contribution in [0.15, 0.2) is 77.7 Å². The molecule has 2 amide bonds. The summed E-state index contributed by atoms with van der Waals surface area (Å²) < 4.78 is 39.8. The second-order valence-electron chi connectivity index (χ2n) is 9.55. The second kappa shape index (κ2) is 15.5. The lowest BCUT2D eigenvalue weighted by atomic mass is 10.1. The van der Waals surface area contributed by atoms with Crippen LogP contribution in [-0.2, 0) is 26.2 Å². The highest BCUT2D eigenvalue weighted by Gasteiger charge is 2.34. The first-order valence-electron chi connectivity index (χ1n) is 13.8. The SMILES string of the molecule is CCCCNC(=O)[C@@H](CC)N(Cc1ccccc1Cl)C(=O)CN(c1ccccc1)S(=O)(=O)c1ccc(OC)c(OC)c1. The molecule has 0 saturated carbocycles. The number of ether oxygens (including phenoxy) is 2. The largest absolute Gasteiger partial charge is 0.493 e. The third kappa shape index (κ3) is 7.95. The maximum atomic E-state index is 14.1. The monoisotopic (exact) mass is 615 g/mol. The van der Waals surface area contributed by atoms with E-state index in [2.05, 4.69) is 5.32 Å². The zero-order valence-corrected chi connectivity index (χ0v) is 26.0. The molecule has 0 aliphatic carbocycles. The number of rotatable bonds is 15. The molecule has 0 heterocycles.